The maximum absolute atomic E-state index is 4.77. The summed E-state index contributed by atoms with van der Waals surface area (Å²) in [7, 11) is 0. The molecule has 2 nitrogen and oxygen atoms in total. The molecule has 19 heavy (non-hydrogen) atoms. The standard InChI is InChI=1S/C16H24N2S/c1-6-16(5)11-19-14(18-16)17-13-9-7-12(8-10-13)15(2,3)4/h7-10H,6,11H2,1-5H3,(H,17,18). The van der Waals surface area contributed by atoms with Gasteiger partial charge in [-0.2, -0.15) is 0 Å². The van der Waals surface area contributed by atoms with Gasteiger partial charge in [0.05, 0.1) is 5.54 Å². The van der Waals surface area contributed by atoms with Gasteiger partial charge in [-0.1, -0.05) is 51.6 Å². The summed E-state index contributed by atoms with van der Waals surface area (Å²) in [6, 6.07) is 8.68. The van der Waals surface area contributed by atoms with Crippen molar-refractivity contribution in [2.75, 3.05) is 11.1 Å². The molecular weight excluding hydrogens is 252 g/mol. The number of nitrogens with zero attached hydrogens (tertiary/aromatic N) is 1. The molecule has 2 rings (SSSR count). The Kier molecular flexibility index (Phi) is 3.95. The van der Waals surface area contributed by atoms with Crippen LogP contribution in [0.4, 0.5) is 5.69 Å². The van der Waals surface area contributed by atoms with E-state index in [1.165, 1.54) is 5.56 Å². The molecule has 1 unspecified atom stereocenters. The molecule has 1 aliphatic heterocycles. The van der Waals surface area contributed by atoms with E-state index < -0.39 is 0 Å². The molecule has 0 bridgehead atoms. The zero-order chi connectivity index (χ0) is 14.1. The van der Waals surface area contributed by atoms with Crippen molar-refractivity contribution in [3.8, 4) is 0 Å². The van der Waals surface area contributed by atoms with Crippen LogP contribution in [-0.2, 0) is 5.41 Å². The highest BCUT2D eigenvalue weighted by Gasteiger charge is 2.28. The number of nitrogens with one attached hydrogen (secondary N) is 1. The van der Waals surface area contributed by atoms with E-state index in [2.05, 4.69) is 64.2 Å². The van der Waals surface area contributed by atoms with Gasteiger partial charge in [-0.05, 0) is 36.5 Å². The number of thioether (sulfide) groups is 1. The van der Waals surface area contributed by atoms with Crippen molar-refractivity contribution in [1.29, 1.82) is 0 Å². The fraction of sp³-hybridized carbons (Fsp3) is 0.562. The third-order valence-electron chi connectivity index (χ3n) is 3.66. The van der Waals surface area contributed by atoms with Crippen LogP contribution in [0.1, 0.15) is 46.6 Å². The van der Waals surface area contributed by atoms with Gasteiger partial charge < -0.3 is 5.32 Å². The Morgan fingerprint density at radius 2 is 1.89 bits per heavy atom. The second-order valence-corrected chi connectivity index (χ2v) is 7.47. The van der Waals surface area contributed by atoms with Gasteiger partial charge in [0.1, 0.15) is 0 Å². The first kappa shape index (κ1) is 14.4. The van der Waals surface area contributed by atoms with Crippen molar-refractivity contribution in [3.63, 3.8) is 0 Å². The number of anilines is 1. The van der Waals surface area contributed by atoms with E-state index >= 15 is 0 Å². The summed E-state index contributed by atoms with van der Waals surface area (Å²) >= 11 is 1.82. The number of benzene rings is 1. The van der Waals surface area contributed by atoms with Gasteiger partial charge in [0.2, 0.25) is 0 Å². The van der Waals surface area contributed by atoms with Crippen LogP contribution in [0.25, 0.3) is 0 Å². The Morgan fingerprint density at radius 1 is 1.26 bits per heavy atom. The fourth-order valence-corrected chi connectivity index (χ4v) is 3.15. The lowest BCUT2D eigenvalue weighted by Gasteiger charge is -2.19. The van der Waals surface area contributed by atoms with E-state index in [-0.39, 0.29) is 11.0 Å². The third kappa shape index (κ3) is 3.53. The lowest BCUT2D eigenvalue weighted by atomic mass is 9.87. The minimum atomic E-state index is 0.109. The van der Waals surface area contributed by atoms with E-state index in [1.807, 2.05) is 11.8 Å². The lowest BCUT2D eigenvalue weighted by molar-refractivity contribution is 0.523. The van der Waals surface area contributed by atoms with Gasteiger partial charge in [0, 0.05) is 11.4 Å². The normalized spacial score (nSPS) is 23.3. The van der Waals surface area contributed by atoms with Crippen molar-refractivity contribution in [2.45, 2.75) is 52.0 Å². The molecule has 104 valence electrons. The number of amidine groups is 1. The summed E-state index contributed by atoms with van der Waals surface area (Å²) in [5.74, 6) is 1.08. The average molecular weight is 276 g/mol. The molecule has 0 saturated heterocycles. The summed E-state index contributed by atoms with van der Waals surface area (Å²) in [6.07, 6.45) is 1.09. The van der Waals surface area contributed by atoms with E-state index in [1.54, 1.807) is 0 Å². The highest BCUT2D eigenvalue weighted by Crippen LogP contribution is 2.31. The predicted molar refractivity (Wildman–Crippen MR) is 87.4 cm³/mol. The van der Waals surface area contributed by atoms with Crippen LogP contribution in [0, 0.1) is 0 Å². The van der Waals surface area contributed by atoms with Crippen LogP contribution in [0.3, 0.4) is 0 Å². The van der Waals surface area contributed by atoms with Crippen LogP contribution in [0.2, 0.25) is 0 Å². The van der Waals surface area contributed by atoms with Gasteiger partial charge in [-0.3, -0.25) is 4.99 Å². The molecular formula is C16H24N2S. The van der Waals surface area contributed by atoms with Crippen molar-refractivity contribution < 1.29 is 0 Å². The van der Waals surface area contributed by atoms with Crippen LogP contribution in [0.15, 0.2) is 29.3 Å². The van der Waals surface area contributed by atoms with Crippen LogP contribution >= 0.6 is 11.8 Å². The molecule has 0 fully saturated rings. The molecule has 0 saturated carbocycles. The molecule has 1 N–H and O–H groups in total. The highest BCUT2D eigenvalue weighted by atomic mass is 32.2. The topological polar surface area (TPSA) is 24.4 Å². The fourth-order valence-electron chi connectivity index (χ4n) is 1.96. The number of hydrogen-bond donors (Lipinski definition) is 1. The molecule has 3 heteroatoms. The Balaban J connectivity index is 2.07. The smallest absolute Gasteiger partial charge is 0.161 e. The molecule has 1 heterocycles. The first-order valence-corrected chi connectivity index (χ1v) is 7.91. The maximum atomic E-state index is 4.77. The molecule has 0 spiro atoms. The van der Waals surface area contributed by atoms with Gasteiger partial charge >= 0.3 is 0 Å². The zero-order valence-corrected chi connectivity index (χ0v) is 13.4. The number of hydrogen-bond acceptors (Lipinski definition) is 3. The van der Waals surface area contributed by atoms with Gasteiger partial charge in [0.25, 0.3) is 0 Å². The average Bonchev–Trinajstić information content (AvgIpc) is 2.71. The second-order valence-electron chi connectivity index (χ2n) is 6.51. The molecule has 0 amide bonds. The second kappa shape index (κ2) is 5.20. The molecule has 0 aromatic heterocycles. The Morgan fingerprint density at radius 3 is 2.37 bits per heavy atom. The monoisotopic (exact) mass is 276 g/mol. The molecule has 1 aromatic rings. The minimum Gasteiger partial charge on any atom is -0.335 e. The molecule has 0 radical (unpaired) electrons. The SMILES string of the molecule is CCC1(C)CSC(Nc2ccc(C(C)(C)C)cc2)=N1. The van der Waals surface area contributed by atoms with Crippen molar-refractivity contribution in [2.24, 2.45) is 4.99 Å². The highest BCUT2D eigenvalue weighted by molar-refractivity contribution is 8.14. The maximum Gasteiger partial charge on any atom is 0.161 e. The Hall–Kier alpha value is -0.960. The minimum absolute atomic E-state index is 0.109. The van der Waals surface area contributed by atoms with E-state index in [4.69, 9.17) is 4.99 Å². The van der Waals surface area contributed by atoms with Crippen LogP contribution in [-0.4, -0.2) is 16.5 Å². The van der Waals surface area contributed by atoms with Gasteiger partial charge in [-0.15, -0.1) is 0 Å². The Labute approximate surface area is 121 Å². The first-order valence-electron chi connectivity index (χ1n) is 6.93. The molecule has 1 aromatic carbocycles. The number of rotatable bonds is 2. The van der Waals surface area contributed by atoms with Crippen LogP contribution < -0.4 is 5.32 Å². The van der Waals surface area contributed by atoms with E-state index in [9.17, 15) is 0 Å². The van der Waals surface area contributed by atoms with Crippen molar-refractivity contribution >= 4 is 22.6 Å². The summed E-state index contributed by atoms with van der Waals surface area (Å²) in [6.45, 7) is 11.1. The summed E-state index contributed by atoms with van der Waals surface area (Å²) in [5.41, 5.74) is 2.80. The first-order chi connectivity index (χ1) is 8.82. The van der Waals surface area contributed by atoms with Crippen molar-refractivity contribution in [1.82, 2.24) is 0 Å². The molecule has 1 aliphatic rings. The summed E-state index contributed by atoms with van der Waals surface area (Å²) in [5, 5.41) is 4.47. The lowest BCUT2D eigenvalue weighted by Crippen LogP contribution is -2.20. The number of aliphatic imine (C=N–C) groups is 1. The molecule has 0 aliphatic carbocycles. The Bertz CT molecular complexity index is 471. The quantitative estimate of drug-likeness (QED) is 0.849. The van der Waals surface area contributed by atoms with E-state index in [0.717, 1.165) is 23.0 Å². The predicted octanol–water partition coefficient (Wildman–Crippen LogP) is 4.67. The van der Waals surface area contributed by atoms with E-state index in [0.29, 0.717) is 0 Å². The van der Waals surface area contributed by atoms with Gasteiger partial charge in [-0.25, -0.2) is 0 Å². The van der Waals surface area contributed by atoms with Crippen LogP contribution in [0.5, 0.6) is 0 Å². The third-order valence-corrected chi connectivity index (χ3v) is 4.89. The zero-order valence-electron chi connectivity index (χ0n) is 12.6. The molecule has 1 atom stereocenters. The largest absolute Gasteiger partial charge is 0.335 e. The van der Waals surface area contributed by atoms with Gasteiger partial charge in [0.15, 0.2) is 5.17 Å². The summed E-state index contributed by atoms with van der Waals surface area (Å²) in [4.78, 5) is 4.77. The summed E-state index contributed by atoms with van der Waals surface area (Å²) < 4.78 is 0. The van der Waals surface area contributed by atoms with Crippen molar-refractivity contribution in [3.05, 3.63) is 29.8 Å².